The van der Waals surface area contributed by atoms with Gasteiger partial charge in [-0.05, 0) is 61.9 Å². The van der Waals surface area contributed by atoms with E-state index in [0.29, 0.717) is 0 Å². The van der Waals surface area contributed by atoms with Gasteiger partial charge in [-0.2, -0.15) is 4.31 Å². The van der Waals surface area contributed by atoms with E-state index in [0.717, 1.165) is 41.5 Å². The summed E-state index contributed by atoms with van der Waals surface area (Å²) in [4.78, 5) is 13.3. The molecule has 1 N–H and O–H groups in total. The van der Waals surface area contributed by atoms with E-state index in [1.807, 2.05) is 56.3 Å². The number of hydrogen-bond donors (Lipinski definition) is 1. The van der Waals surface area contributed by atoms with Crippen molar-refractivity contribution < 1.29 is 13.2 Å². The molecule has 3 aromatic rings. The van der Waals surface area contributed by atoms with Gasteiger partial charge in [0, 0.05) is 6.54 Å². The number of carbonyl (C=O) groups is 1. The van der Waals surface area contributed by atoms with Crippen LogP contribution in [-0.2, 0) is 27.8 Å². The normalized spacial score (nSPS) is 15.8. The average molecular weight is 463 g/mol. The Bertz CT molecular complexity index is 1220. The lowest BCUT2D eigenvalue weighted by atomic mass is 9.88. The molecular weight excluding hydrogens is 432 g/mol. The molecule has 1 aliphatic rings. The number of nitrogens with one attached hydrogen (secondary N) is 1. The highest BCUT2D eigenvalue weighted by Crippen LogP contribution is 2.29. The van der Waals surface area contributed by atoms with Crippen molar-refractivity contribution in [3.05, 3.63) is 101 Å². The first kappa shape index (κ1) is 23.2. The maximum atomic E-state index is 13.5. The van der Waals surface area contributed by atoms with Crippen molar-refractivity contribution in [2.24, 2.45) is 0 Å². The van der Waals surface area contributed by atoms with Crippen LogP contribution in [0.4, 0.5) is 0 Å². The van der Waals surface area contributed by atoms with Crippen molar-refractivity contribution in [1.29, 1.82) is 0 Å². The fourth-order valence-electron chi connectivity index (χ4n) is 4.29. The molecule has 0 bridgehead atoms. The van der Waals surface area contributed by atoms with Crippen molar-refractivity contribution in [1.82, 2.24) is 9.62 Å². The molecule has 1 aliphatic carbocycles. The van der Waals surface area contributed by atoms with Crippen LogP contribution >= 0.6 is 0 Å². The van der Waals surface area contributed by atoms with Gasteiger partial charge in [0.15, 0.2) is 0 Å². The second kappa shape index (κ2) is 9.89. The Hall–Kier alpha value is -2.96. The molecule has 6 heteroatoms. The highest BCUT2D eigenvalue weighted by molar-refractivity contribution is 7.89. The molecule has 1 amide bonds. The third-order valence-electron chi connectivity index (χ3n) is 6.16. The van der Waals surface area contributed by atoms with Crippen LogP contribution < -0.4 is 5.32 Å². The predicted molar refractivity (Wildman–Crippen MR) is 130 cm³/mol. The van der Waals surface area contributed by atoms with Gasteiger partial charge >= 0.3 is 0 Å². The number of aryl methyl sites for hydroxylation is 3. The van der Waals surface area contributed by atoms with Gasteiger partial charge in [0.25, 0.3) is 0 Å². The molecule has 0 aromatic heterocycles. The van der Waals surface area contributed by atoms with Crippen LogP contribution in [0.1, 0.15) is 46.7 Å². The van der Waals surface area contributed by atoms with E-state index in [4.69, 9.17) is 0 Å². The number of nitrogens with zero attached hydrogens (tertiary/aromatic N) is 1. The third kappa shape index (κ3) is 5.52. The smallest absolute Gasteiger partial charge is 0.243 e. The van der Waals surface area contributed by atoms with Crippen molar-refractivity contribution in [2.75, 3.05) is 6.54 Å². The van der Waals surface area contributed by atoms with E-state index in [9.17, 15) is 13.2 Å². The second-order valence-corrected chi connectivity index (χ2v) is 10.7. The summed E-state index contributed by atoms with van der Waals surface area (Å²) in [5.41, 5.74) is 5.29. The zero-order valence-electron chi connectivity index (χ0n) is 19.1. The van der Waals surface area contributed by atoms with Crippen LogP contribution in [0, 0.1) is 13.8 Å². The third-order valence-corrected chi connectivity index (χ3v) is 7.97. The summed E-state index contributed by atoms with van der Waals surface area (Å²) >= 11 is 0. The molecular formula is C27H30N2O3S. The number of amides is 1. The topological polar surface area (TPSA) is 66.5 Å². The molecule has 0 saturated heterocycles. The Kier molecular flexibility index (Phi) is 6.96. The summed E-state index contributed by atoms with van der Waals surface area (Å²) in [5.74, 6) is -0.292. The summed E-state index contributed by atoms with van der Waals surface area (Å²) in [5, 5.41) is 3.09. The first-order valence-electron chi connectivity index (χ1n) is 11.3. The van der Waals surface area contributed by atoms with Crippen LogP contribution in [0.5, 0.6) is 0 Å². The first-order valence-corrected chi connectivity index (χ1v) is 12.8. The Labute approximate surface area is 196 Å². The quantitative estimate of drug-likeness (QED) is 0.554. The van der Waals surface area contributed by atoms with Crippen molar-refractivity contribution in [2.45, 2.75) is 50.6 Å². The Morgan fingerprint density at radius 1 is 0.939 bits per heavy atom. The lowest BCUT2D eigenvalue weighted by Gasteiger charge is -2.28. The van der Waals surface area contributed by atoms with Crippen molar-refractivity contribution in [3.63, 3.8) is 0 Å². The Balaban J connectivity index is 1.57. The molecule has 0 aliphatic heterocycles. The summed E-state index contributed by atoms with van der Waals surface area (Å²) in [6, 6.07) is 22.5. The Morgan fingerprint density at radius 2 is 1.58 bits per heavy atom. The van der Waals surface area contributed by atoms with Crippen molar-refractivity contribution in [3.8, 4) is 0 Å². The minimum atomic E-state index is -3.85. The molecule has 5 nitrogen and oxygen atoms in total. The zero-order valence-corrected chi connectivity index (χ0v) is 19.9. The van der Waals surface area contributed by atoms with Gasteiger partial charge in [0.1, 0.15) is 0 Å². The largest absolute Gasteiger partial charge is 0.348 e. The fourth-order valence-corrected chi connectivity index (χ4v) is 5.67. The predicted octanol–water partition coefficient (Wildman–Crippen LogP) is 4.69. The van der Waals surface area contributed by atoms with Gasteiger partial charge in [0.05, 0.1) is 17.5 Å². The van der Waals surface area contributed by atoms with Crippen LogP contribution in [-0.4, -0.2) is 25.2 Å². The molecule has 1 atom stereocenters. The molecule has 0 fully saturated rings. The molecule has 4 rings (SSSR count). The lowest BCUT2D eigenvalue weighted by Crippen LogP contribution is -2.42. The number of sulfonamides is 1. The van der Waals surface area contributed by atoms with Gasteiger partial charge in [-0.1, -0.05) is 71.8 Å². The fraction of sp³-hybridized carbons (Fsp3) is 0.296. The van der Waals surface area contributed by atoms with E-state index in [-0.39, 0.29) is 29.9 Å². The van der Waals surface area contributed by atoms with Crippen LogP contribution in [0.15, 0.2) is 77.7 Å². The van der Waals surface area contributed by atoms with Gasteiger partial charge in [-0.15, -0.1) is 0 Å². The van der Waals surface area contributed by atoms with Gasteiger partial charge in [-0.25, -0.2) is 8.42 Å². The maximum absolute atomic E-state index is 13.5. The van der Waals surface area contributed by atoms with E-state index in [2.05, 4.69) is 11.4 Å². The number of fused-ring (bicyclic) bond motifs is 1. The highest BCUT2D eigenvalue weighted by atomic mass is 32.2. The maximum Gasteiger partial charge on any atom is 0.243 e. The molecule has 0 unspecified atom stereocenters. The summed E-state index contributed by atoms with van der Waals surface area (Å²) < 4.78 is 28.2. The molecule has 0 saturated carbocycles. The second-order valence-electron chi connectivity index (χ2n) is 8.78. The molecule has 0 heterocycles. The minimum absolute atomic E-state index is 0.0919. The number of hydrogen-bond acceptors (Lipinski definition) is 3. The monoisotopic (exact) mass is 462 g/mol. The minimum Gasteiger partial charge on any atom is -0.348 e. The number of carbonyl (C=O) groups excluding carboxylic acids is 1. The highest BCUT2D eigenvalue weighted by Gasteiger charge is 2.29. The number of benzene rings is 3. The van der Waals surface area contributed by atoms with Gasteiger partial charge in [-0.3, -0.25) is 4.79 Å². The average Bonchev–Trinajstić information content (AvgIpc) is 2.80. The van der Waals surface area contributed by atoms with Crippen molar-refractivity contribution >= 4 is 15.9 Å². The van der Waals surface area contributed by atoms with Gasteiger partial charge in [0.2, 0.25) is 15.9 Å². The SMILES string of the molecule is Cc1ccc(CN(CC(=O)N[C@H]2CCCc3ccccc32)S(=O)(=O)c2ccc(C)cc2)cc1. The molecule has 172 valence electrons. The van der Waals surface area contributed by atoms with E-state index >= 15 is 0 Å². The number of rotatable bonds is 7. The van der Waals surface area contributed by atoms with Crippen LogP contribution in [0.25, 0.3) is 0 Å². The van der Waals surface area contributed by atoms with Gasteiger partial charge < -0.3 is 5.32 Å². The van der Waals surface area contributed by atoms with E-state index < -0.39 is 10.0 Å². The summed E-state index contributed by atoms with van der Waals surface area (Å²) in [7, 11) is -3.85. The molecule has 0 radical (unpaired) electrons. The molecule has 0 spiro atoms. The van der Waals surface area contributed by atoms with Crippen LogP contribution in [0.2, 0.25) is 0 Å². The standard InChI is InChI=1S/C27H30N2O3S/c1-20-10-14-22(15-11-20)18-29(33(31,32)24-16-12-21(2)13-17-24)19-27(30)28-26-9-5-7-23-6-3-4-8-25(23)26/h3-4,6,8,10-17,26H,5,7,9,18-19H2,1-2H3,(H,28,30)/t26-/m0/s1. The summed E-state index contributed by atoms with van der Waals surface area (Å²) in [6.45, 7) is 3.80. The summed E-state index contributed by atoms with van der Waals surface area (Å²) in [6.07, 6.45) is 2.85. The molecule has 3 aromatic carbocycles. The first-order chi connectivity index (χ1) is 15.8. The Morgan fingerprint density at radius 3 is 2.27 bits per heavy atom. The van der Waals surface area contributed by atoms with Crippen LogP contribution in [0.3, 0.4) is 0 Å². The zero-order chi connectivity index (χ0) is 23.4. The van der Waals surface area contributed by atoms with E-state index in [1.165, 1.54) is 9.87 Å². The molecule has 33 heavy (non-hydrogen) atoms. The lowest BCUT2D eigenvalue weighted by molar-refractivity contribution is -0.122. The van der Waals surface area contributed by atoms with E-state index in [1.54, 1.807) is 24.3 Å².